The van der Waals surface area contributed by atoms with Crippen molar-refractivity contribution in [1.82, 2.24) is 4.98 Å². The molecule has 3 aromatic rings. The van der Waals surface area contributed by atoms with Crippen LogP contribution in [0, 0.1) is 0 Å². The van der Waals surface area contributed by atoms with Crippen molar-refractivity contribution in [3.8, 4) is 11.5 Å². The monoisotopic (exact) mass is 502 g/mol. The average Bonchev–Trinajstić information content (AvgIpc) is 3.17. The van der Waals surface area contributed by atoms with E-state index in [4.69, 9.17) is 9.84 Å². The minimum atomic E-state index is -1.18. The number of amides is 1. The van der Waals surface area contributed by atoms with Crippen molar-refractivity contribution < 1.29 is 29.3 Å². The number of carboxylic acids is 1. The summed E-state index contributed by atoms with van der Waals surface area (Å²) in [4.78, 5) is 38.6. The third-order valence-electron chi connectivity index (χ3n) is 4.86. The molecule has 3 rings (SSSR count). The van der Waals surface area contributed by atoms with Crippen LogP contribution in [0.25, 0.3) is 10.2 Å². The number of ketones is 1. The number of benzene rings is 2. The zero-order chi connectivity index (χ0) is 24.7. The van der Waals surface area contributed by atoms with Crippen LogP contribution in [0.3, 0.4) is 0 Å². The number of aromatic nitrogens is 1. The highest BCUT2D eigenvalue weighted by atomic mass is 32.2. The Labute approximate surface area is 205 Å². The van der Waals surface area contributed by atoms with Gasteiger partial charge in [0.25, 0.3) is 0 Å². The summed E-state index contributed by atoms with van der Waals surface area (Å²) in [5, 5.41) is 21.7. The van der Waals surface area contributed by atoms with E-state index in [2.05, 4.69) is 10.3 Å². The number of fused-ring (bicyclic) bond motifs is 1. The number of carbonyl (C=O) groups excluding carboxylic acids is 2. The van der Waals surface area contributed by atoms with Crippen molar-refractivity contribution in [3.63, 3.8) is 0 Å². The van der Waals surface area contributed by atoms with Crippen LogP contribution in [-0.2, 0) is 16.0 Å². The van der Waals surface area contributed by atoms with Crippen molar-refractivity contribution in [2.24, 2.45) is 0 Å². The summed E-state index contributed by atoms with van der Waals surface area (Å²) in [6.07, 6.45) is 1.63. The number of anilines is 1. The van der Waals surface area contributed by atoms with Crippen LogP contribution in [0.2, 0.25) is 0 Å². The number of aromatic hydroxyl groups is 1. The zero-order valence-corrected chi connectivity index (χ0v) is 20.6. The second-order valence-corrected chi connectivity index (χ2v) is 9.95. The number of hydrogen-bond acceptors (Lipinski definition) is 8. The predicted octanol–water partition coefficient (Wildman–Crippen LogP) is 5.13. The van der Waals surface area contributed by atoms with Crippen LogP contribution in [0.5, 0.6) is 11.5 Å². The van der Waals surface area contributed by atoms with Gasteiger partial charge in [0.05, 0.1) is 22.4 Å². The maximum atomic E-state index is 11.7. The fourth-order valence-corrected chi connectivity index (χ4v) is 5.41. The lowest BCUT2D eigenvalue weighted by Gasteiger charge is -2.14. The maximum Gasteiger partial charge on any atom is 0.312 e. The molecule has 1 amide bonds. The number of hydrogen-bond donors (Lipinski definition) is 3. The molecule has 1 heterocycles. The Morgan fingerprint density at radius 1 is 1.21 bits per heavy atom. The summed E-state index contributed by atoms with van der Waals surface area (Å²) in [6, 6.07) is 8.62. The number of aliphatic carboxylic acids is 1. The molecule has 10 heteroatoms. The Hall–Kier alpha value is -3.11. The molecule has 8 nitrogen and oxygen atoms in total. The second-order valence-electron chi connectivity index (χ2n) is 7.58. The molecule has 0 saturated heterocycles. The van der Waals surface area contributed by atoms with Crippen LogP contribution in [0.15, 0.2) is 34.7 Å². The van der Waals surface area contributed by atoms with Gasteiger partial charge in [-0.3, -0.25) is 14.4 Å². The summed E-state index contributed by atoms with van der Waals surface area (Å²) in [6.45, 7) is 3.90. The summed E-state index contributed by atoms with van der Waals surface area (Å²) in [5.74, 6) is -0.532. The Morgan fingerprint density at radius 3 is 2.71 bits per heavy atom. The maximum absolute atomic E-state index is 11.7. The first-order valence-corrected chi connectivity index (χ1v) is 12.6. The third kappa shape index (κ3) is 6.71. The number of carboxylic acid groups (broad SMARTS) is 1. The van der Waals surface area contributed by atoms with Gasteiger partial charge in [0, 0.05) is 17.0 Å². The molecule has 0 fully saturated rings. The van der Waals surface area contributed by atoms with E-state index >= 15 is 0 Å². The van der Waals surface area contributed by atoms with E-state index in [1.807, 2.05) is 6.92 Å². The first kappa shape index (κ1) is 25.5. The Morgan fingerprint density at radius 2 is 2.00 bits per heavy atom. The molecular formula is C24H26N2O6S2. The lowest BCUT2D eigenvalue weighted by Crippen LogP contribution is -2.15. The molecule has 0 aliphatic rings. The third-order valence-corrected chi connectivity index (χ3v) is 7.10. The van der Waals surface area contributed by atoms with Gasteiger partial charge in [0.2, 0.25) is 5.91 Å². The molecule has 0 unspecified atom stereocenters. The van der Waals surface area contributed by atoms with Gasteiger partial charge in [-0.05, 0) is 50.1 Å². The number of nitrogens with one attached hydrogen (secondary N) is 1. The van der Waals surface area contributed by atoms with Crippen molar-refractivity contribution >= 4 is 56.7 Å². The van der Waals surface area contributed by atoms with Crippen LogP contribution in [-0.4, -0.2) is 45.2 Å². The van der Waals surface area contributed by atoms with E-state index in [1.165, 1.54) is 18.3 Å². The zero-order valence-electron chi connectivity index (χ0n) is 18.9. The number of carbonyl (C=O) groups is 3. The standard InChI is InChI=1S/C24H26N2O6S2/c1-3-5-17-19(9-7-16(14(2)27)23(17)31)32-10-4-11-33-24-26-18-8-6-15(12-20(18)34-24)25-21(28)13-22(29)30/h6-9,12,31H,3-5,10-11,13H2,1-2H3,(H,25,28)(H,29,30). The van der Waals surface area contributed by atoms with Gasteiger partial charge < -0.3 is 20.3 Å². The molecule has 0 spiro atoms. The molecule has 2 aromatic carbocycles. The smallest absolute Gasteiger partial charge is 0.312 e. The number of phenols is 1. The molecule has 0 atom stereocenters. The topological polar surface area (TPSA) is 126 Å². The van der Waals surface area contributed by atoms with Gasteiger partial charge in [-0.1, -0.05) is 25.1 Å². The SMILES string of the molecule is CCCc1c(OCCCSc2nc3ccc(NC(=O)CC(=O)O)cc3s2)ccc(C(C)=O)c1O. The molecular weight excluding hydrogens is 476 g/mol. The Kier molecular flexibility index (Phi) is 8.89. The number of ether oxygens (including phenoxy) is 1. The number of phenolic OH excluding ortho intramolecular Hbond substituents is 1. The van der Waals surface area contributed by atoms with Crippen molar-refractivity contribution in [2.45, 2.75) is 43.9 Å². The summed E-state index contributed by atoms with van der Waals surface area (Å²) >= 11 is 3.10. The van der Waals surface area contributed by atoms with Crippen LogP contribution in [0.1, 0.15) is 49.0 Å². The lowest BCUT2D eigenvalue weighted by atomic mass is 10.0. The van der Waals surface area contributed by atoms with Gasteiger partial charge in [-0.2, -0.15) is 0 Å². The fourth-order valence-electron chi connectivity index (χ4n) is 3.31. The summed E-state index contributed by atoms with van der Waals surface area (Å²) in [5.41, 5.74) is 2.33. The first-order valence-electron chi connectivity index (χ1n) is 10.8. The number of Topliss-reactive ketones (excluding diaryl/α,β-unsaturated/α-hetero) is 1. The molecule has 0 saturated carbocycles. The highest BCUT2D eigenvalue weighted by Gasteiger charge is 2.16. The molecule has 1 aromatic heterocycles. The van der Waals surface area contributed by atoms with Gasteiger partial charge in [-0.25, -0.2) is 4.98 Å². The number of nitrogens with zero attached hydrogens (tertiary/aromatic N) is 1. The van der Waals surface area contributed by atoms with Crippen molar-refractivity contribution in [2.75, 3.05) is 17.7 Å². The van der Waals surface area contributed by atoms with E-state index in [9.17, 15) is 19.5 Å². The Bertz CT molecular complexity index is 1210. The van der Waals surface area contributed by atoms with E-state index in [-0.39, 0.29) is 11.5 Å². The van der Waals surface area contributed by atoms with Crippen LogP contribution in [0.4, 0.5) is 5.69 Å². The molecule has 0 radical (unpaired) electrons. The van der Waals surface area contributed by atoms with Gasteiger partial charge in [0.1, 0.15) is 17.9 Å². The largest absolute Gasteiger partial charge is 0.507 e. The van der Waals surface area contributed by atoms with Gasteiger partial charge >= 0.3 is 5.97 Å². The number of thiazole rings is 1. The van der Waals surface area contributed by atoms with E-state index in [0.29, 0.717) is 35.6 Å². The van der Waals surface area contributed by atoms with Gasteiger partial charge in [0.15, 0.2) is 10.1 Å². The normalized spacial score (nSPS) is 10.9. The highest BCUT2D eigenvalue weighted by Crippen LogP contribution is 2.34. The number of thioether (sulfide) groups is 1. The quantitative estimate of drug-likeness (QED) is 0.135. The van der Waals surface area contributed by atoms with E-state index in [0.717, 1.165) is 33.2 Å². The van der Waals surface area contributed by atoms with Crippen LogP contribution < -0.4 is 10.1 Å². The van der Waals surface area contributed by atoms with E-state index in [1.54, 1.807) is 42.1 Å². The molecule has 0 aliphatic carbocycles. The molecule has 34 heavy (non-hydrogen) atoms. The van der Waals surface area contributed by atoms with Crippen molar-refractivity contribution in [3.05, 3.63) is 41.5 Å². The molecule has 180 valence electrons. The van der Waals surface area contributed by atoms with Crippen molar-refractivity contribution in [1.29, 1.82) is 0 Å². The number of rotatable bonds is 12. The summed E-state index contributed by atoms with van der Waals surface area (Å²) < 4.78 is 7.69. The molecule has 3 N–H and O–H groups in total. The molecule has 0 bridgehead atoms. The first-order chi connectivity index (χ1) is 16.3. The van der Waals surface area contributed by atoms with Crippen LogP contribution >= 0.6 is 23.1 Å². The fraction of sp³-hybridized carbons (Fsp3) is 0.333. The summed E-state index contributed by atoms with van der Waals surface area (Å²) in [7, 11) is 0. The lowest BCUT2D eigenvalue weighted by molar-refractivity contribution is -0.139. The minimum absolute atomic E-state index is 0.00854. The second kappa shape index (κ2) is 11.8. The van der Waals surface area contributed by atoms with E-state index < -0.39 is 18.3 Å². The Balaban J connectivity index is 1.53. The predicted molar refractivity (Wildman–Crippen MR) is 133 cm³/mol. The average molecular weight is 503 g/mol. The molecule has 0 aliphatic heterocycles. The highest BCUT2D eigenvalue weighted by molar-refractivity contribution is 8.01. The minimum Gasteiger partial charge on any atom is -0.507 e. The van der Waals surface area contributed by atoms with Gasteiger partial charge in [-0.15, -0.1) is 11.3 Å².